The first kappa shape index (κ1) is 15.6. The number of hydrogen-bond acceptors (Lipinski definition) is 3. The van der Waals surface area contributed by atoms with Crippen LogP contribution in [0, 0.1) is 0 Å². The lowest BCUT2D eigenvalue weighted by atomic mass is 9.80. The number of halogens is 1. The minimum absolute atomic E-state index is 0.0597. The van der Waals surface area contributed by atoms with Crippen LogP contribution in [0.3, 0.4) is 0 Å². The SMILES string of the molecule is CC(C)(C)[Si](C)(C)Oc1cc(B(O)O)ccc1Cl. The second-order valence-corrected chi connectivity index (χ2v) is 11.1. The lowest BCUT2D eigenvalue weighted by Crippen LogP contribution is -2.44. The predicted octanol–water partition coefficient (Wildman–Crippen LogP) is 2.40. The lowest BCUT2D eigenvalue weighted by molar-refractivity contribution is 0.425. The van der Waals surface area contributed by atoms with Crippen LogP contribution in [0.15, 0.2) is 18.2 Å². The molecule has 100 valence electrons. The van der Waals surface area contributed by atoms with Crippen molar-refractivity contribution in [1.29, 1.82) is 0 Å². The molecule has 0 heterocycles. The Labute approximate surface area is 115 Å². The molecule has 0 unspecified atom stereocenters. The third-order valence-corrected chi connectivity index (χ3v) is 8.08. The van der Waals surface area contributed by atoms with Gasteiger partial charge in [-0.05, 0) is 35.7 Å². The summed E-state index contributed by atoms with van der Waals surface area (Å²) in [6, 6.07) is 4.79. The Morgan fingerprint density at radius 2 is 1.78 bits per heavy atom. The van der Waals surface area contributed by atoms with Gasteiger partial charge in [-0.3, -0.25) is 0 Å². The van der Waals surface area contributed by atoms with E-state index in [2.05, 4.69) is 33.9 Å². The number of hydrogen-bond donors (Lipinski definition) is 2. The maximum absolute atomic E-state index is 9.17. The van der Waals surface area contributed by atoms with Crippen LogP contribution >= 0.6 is 11.6 Å². The Balaban J connectivity index is 3.07. The van der Waals surface area contributed by atoms with E-state index in [4.69, 9.17) is 26.1 Å². The van der Waals surface area contributed by atoms with Crippen LogP contribution in [0.5, 0.6) is 5.75 Å². The zero-order valence-corrected chi connectivity index (χ0v) is 13.2. The van der Waals surface area contributed by atoms with Gasteiger partial charge in [0.2, 0.25) is 0 Å². The Bertz CT molecular complexity index is 430. The fourth-order valence-electron chi connectivity index (χ4n) is 1.19. The van der Waals surface area contributed by atoms with Crippen LogP contribution in [0.2, 0.25) is 23.2 Å². The molecule has 18 heavy (non-hydrogen) atoms. The fourth-order valence-corrected chi connectivity index (χ4v) is 2.43. The van der Waals surface area contributed by atoms with Crippen LogP contribution in [-0.2, 0) is 0 Å². The summed E-state index contributed by atoms with van der Waals surface area (Å²) in [5, 5.41) is 18.9. The molecule has 0 fully saturated rings. The first-order valence-electron chi connectivity index (χ1n) is 5.89. The summed E-state index contributed by atoms with van der Waals surface area (Å²) in [7, 11) is -3.49. The van der Waals surface area contributed by atoms with Crippen molar-refractivity contribution >= 4 is 32.5 Å². The van der Waals surface area contributed by atoms with Gasteiger partial charge in [-0.15, -0.1) is 0 Å². The molecule has 0 aliphatic heterocycles. The molecule has 0 atom stereocenters. The van der Waals surface area contributed by atoms with Gasteiger partial charge >= 0.3 is 7.12 Å². The first-order chi connectivity index (χ1) is 8.04. The minimum atomic E-state index is -1.98. The molecule has 0 aliphatic rings. The van der Waals surface area contributed by atoms with E-state index in [9.17, 15) is 0 Å². The summed E-state index contributed by atoms with van der Waals surface area (Å²) in [5.74, 6) is 0.522. The van der Waals surface area contributed by atoms with Crippen molar-refractivity contribution in [2.45, 2.75) is 38.9 Å². The van der Waals surface area contributed by atoms with Crippen LogP contribution in [0.25, 0.3) is 0 Å². The molecular formula is C12H20BClO3Si. The van der Waals surface area contributed by atoms with E-state index in [1.807, 2.05) is 0 Å². The third kappa shape index (κ3) is 3.51. The van der Waals surface area contributed by atoms with E-state index in [0.717, 1.165) is 0 Å². The lowest BCUT2D eigenvalue weighted by Gasteiger charge is -2.36. The van der Waals surface area contributed by atoms with Crippen molar-refractivity contribution in [2.75, 3.05) is 0 Å². The van der Waals surface area contributed by atoms with Crippen molar-refractivity contribution in [1.82, 2.24) is 0 Å². The molecule has 6 heteroatoms. The molecule has 2 N–H and O–H groups in total. The Kier molecular flexibility index (Phi) is 4.54. The highest BCUT2D eigenvalue weighted by Gasteiger charge is 2.39. The van der Waals surface area contributed by atoms with Gasteiger partial charge < -0.3 is 14.5 Å². The van der Waals surface area contributed by atoms with Crippen LogP contribution < -0.4 is 9.89 Å². The van der Waals surface area contributed by atoms with Gasteiger partial charge in [0.1, 0.15) is 5.75 Å². The fraction of sp³-hybridized carbons (Fsp3) is 0.500. The zero-order chi connectivity index (χ0) is 14.1. The summed E-state index contributed by atoms with van der Waals surface area (Å²) in [6.45, 7) is 10.6. The molecule has 0 saturated heterocycles. The molecule has 0 spiro atoms. The van der Waals surface area contributed by atoms with Gasteiger partial charge in [-0.25, -0.2) is 0 Å². The normalized spacial score (nSPS) is 12.4. The van der Waals surface area contributed by atoms with Gasteiger partial charge in [-0.2, -0.15) is 0 Å². The highest BCUT2D eigenvalue weighted by Crippen LogP contribution is 2.38. The maximum atomic E-state index is 9.17. The van der Waals surface area contributed by atoms with Crippen LogP contribution in [0.1, 0.15) is 20.8 Å². The maximum Gasteiger partial charge on any atom is 0.488 e. The standard InChI is InChI=1S/C12H20BClO3Si/c1-12(2,3)18(4,5)17-11-8-9(13(15)16)6-7-10(11)14/h6-8,15-16H,1-5H3. The molecule has 0 saturated carbocycles. The molecule has 0 radical (unpaired) electrons. The smallest absolute Gasteiger partial charge is 0.488 e. The van der Waals surface area contributed by atoms with Crippen molar-refractivity contribution in [2.24, 2.45) is 0 Å². The Morgan fingerprint density at radius 1 is 1.22 bits per heavy atom. The van der Waals surface area contributed by atoms with E-state index in [-0.39, 0.29) is 5.04 Å². The van der Waals surface area contributed by atoms with E-state index in [1.165, 1.54) is 0 Å². The van der Waals surface area contributed by atoms with E-state index >= 15 is 0 Å². The summed E-state index contributed by atoms with van der Waals surface area (Å²) in [4.78, 5) is 0. The van der Waals surface area contributed by atoms with E-state index in [0.29, 0.717) is 16.2 Å². The van der Waals surface area contributed by atoms with Gasteiger partial charge in [0, 0.05) is 0 Å². The quantitative estimate of drug-likeness (QED) is 0.839. The van der Waals surface area contributed by atoms with Crippen molar-refractivity contribution in [3.63, 3.8) is 0 Å². The second kappa shape index (κ2) is 5.25. The molecule has 1 rings (SSSR count). The van der Waals surface area contributed by atoms with Gasteiger partial charge in [0.15, 0.2) is 0 Å². The van der Waals surface area contributed by atoms with E-state index < -0.39 is 15.4 Å². The van der Waals surface area contributed by atoms with E-state index in [1.54, 1.807) is 18.2 Å². The summed E-state index contributed by atoms with van der Waals surface area (Å²) < 4.78 is 6.07. The Hall–Kier alpha value is -0.488. The average molecular weight is 287 g/mol. The summed E-state index contributed by atoms with van der Waals surface area (Å²) >= 11 is 6.09. The largest absolute Gasteiger partial charge is 0.543 e. The van der Waals surface area contributed by atoms with Crippen molar-refractivity contribution in [3.05, 3.63) is 23.2 Å². The second-order valence-electron chi connectivity index (χ2n) is 5.93. The van der Waals surface area contributed by atoms with Crippen LogP contribution in [-0.4, -0.2) is 25.5 Å². The summed E-state index contributed by atoms with van der Waals surface area (Å²) in [6.07, 6.45) is 0. The first-order valence-corrected chi connectivity index (χ1v) is 9.18. The molecule has 0 aliphatic carbocycles. The minimum Gasteiger partial charge on any atom is -0.543 e. The van der Waals surface area contributed by atoms with Crippen molar-refractivity contribution < 1.29 is 14.5 Å². The van der Waals surface area contributed by atoms with Crippen LogP contribution in [0.4, 0.5) is 0 Å². The molecule has 3 nitrogen and oxygen atoms in total. The molecule has 1 aromatic carbocycles. The van der Waals surface area contributed by atoms with Crippen molar-refractivity contribution in [3.8, 4) is 5.75 Å². The predicted molar refractivity (Wildman–Crippen MR) is 79.1 cm³/mol. The molecular weight excluding hydrogens is 266 g/mol. The topological polar surface area (TPSA) is 49.7 Å². The molecule has 0 amide bonds. The highest BCUT2D eigenvalue weighted by molar-refractivity contribution is 6.74. The average Bonchev–Trinajstić information content (AvgIpc) is 2.18. The third-order valence-electron chi connectivity index (χ3n) is 3.42. The van der Waals surface area contributed by atoms with Gasteiger partial charge in [-0.1, -0.05) is 38.4 Å². The molecule has 0 aromatic heterocycles. The zero-order valence-electron chi connectivity index (χ0n) is 11.5. The molecule has 0 bridgehead atoms. The summed E-state index contributed by atoms with van der Waals surface area (Å²) in [5.41, 5.74) is 0.383. The monoisotopic (exact) mass is 286 g/mol. The number of rotatable bonds is 3. The number of benzene rings is 1. The Morgan fingerprint density at radius 3 is 2.22 bits per heavy atom. The van der Waals surface area contributed by atoms with Gasteiger partial charge in [0.25, 0.3) is 8.32 Å². The highest BCUT2D eigenvalue weighted by atomic mass is 35.5. The van der Waals surface area contributed by atoms with Gasteiger partial charge in [0.05, 0.1) is 5.02 Å². The molecule has 1 aromatic rings.